The summed E-state index contributed by atoms with van der Waals surface area (Å²) in [5.74, 6) is 1.61. The highest BCUT2D eigenvalue weighted by Crippen LogP contribution is 2.23. The van der Waals surface area contributed by atoms with Crippen molar-refractivity contribution in [2.75, 3.05) is 6.54 Å². The standard InChI is InChI=1S/C17H26BrN/c1-3-13(2)10-15(12-19-17-8-9-17)11-14-4-6-16(18)7-5-14/h4-7,13,15,17,19H,3,8-12H2,1-2H3. The van der Waals surface area contributed by atoms with Gasteiger partial charge in [-0.05, 0) is 61.8 Å². The fourth-order valence-corrected chi connectivity index (χ4v) is 2.81. The molecule has 1 aromatic carbocycles. The van der Waals surface area contributed by atoms with Crippen molar-refractivity contribution in [1.82, 2.24) is 5.32 Å². The lowest BCUT2D eigenvalue weighted by Crippen LogP contribution is -2.27. The highest BCUT2D eigenvalue weighted by molar-refractivity contribution is 9.10. The van der Waals surface area contributed by atoms with Gasteiger partial charge in [0, 0.05) is 10.5 Å². The van der Waals surface area contributed by atoms with Crippen LogP contribution < -0.4 is 5.32 Å². The molecular formula is C17H26BrN. The fourth-order valence-electron chi connectivity index (χ4n) is 2.55. The third-order valence-electron chi connectivity index (χ3n) is 4.14. The Bertz CT molecular complexity index is 369. The van der Waals surface area contributed by atoms with E-state index in [1.807, 2.05) is 0 Å². The van der Waals surface area contributed by atoms with E-state index >= 15 is 0 Å². The van der Waals surface area contributed by atoms with Crippen LogP contribution in [0.5, 0.6) is 0 Å². The summed E-state index contributed by atoms with van der Waals surface area (Å²) in [6, 6.07) is 9.65. The van der Waals surface area contributed by atoms with E-state index in [0.717, 1.165) is 17.9 Å². The van der Waals surface area contributed by atoms with Crippen LogP contribution in [0.15, 0.2) is 28.7 Å². The molecule has 0 amide bonds. The quantitative estimate of drug-likeness (QED) is 0.724. The van der Waals surface area contributed by atoms with Crippen LogP contribution in [-0.2, 0) is 6.42 Å². The Hall–Kier alpha value is -0.340. The van der Waals surface area contributed by atoms with E-state index in [-0.39, 0.29) is 0 Å². The molecule has 0 spiro atoms. The molecule has 1 fully saturated rings. The molecule has 1 nitrogen and oxygen atoms in total. The van der Waals surface area contributed by atoms with Crippen molar-refractivity contribution in [3.05, 3.63) is 34.3 Å². The molecule has 0 saturated heterocycles. The summed E-state index contributed by atoms with van der Waals surface area (Å²) in [6.07, 6.45) is 6.60. The van der Waals surface area contributed by atoms with Gasteiger partial charge in [0.2, 0.25) is 0 Å². The first-order valence-electron chi connectivity index (χ1n) is 7.65. The minimum absolute atomic E-state index is 0.775. The van der Waals surface area contributed by atoms with Crippen molar-refractivity contribution >= 4 is 15.9 Å². The van der Waals surface area contributed by atoms with Crippen molar-refractivity contribution in [2.45, 2.75) is 52.0 Å². The Kier molecular flexibility index (Phi) is 5.90. The smallest absolute Gasteiger partial charge is 0.0175 e. The summed E-state index contributed by atoms with van der Waals surface area (Å²) in [7, 11) is 0. The van der Waals surface area contributed by atoms with E-state index < -0.39 is 0 Å². The first kappa shape index (κ1) is 15.1. The second-order valence-corrected chi connectivity index (χ2v) is 7.04. The van der Waals surface area contributed by atoms with Gasteiger partial charge in [0.1, 0.15) is 0 Å². The molecule has 1 aromatic rings. The van der Waals surface area contributed by atoms with Crippen molar-refractivity contribution in [2.24, 2.45) is 11.8 Å². The molecule has 19 heavy (non-hydrogen) atoms. The molecule has 2 rings (SSSR count). The van der Waals surface area contributed by atoms with Crippen molar-refractivity contribution in [1.29, 1.82) is 0 Å². The minimum atomic E-state index is 0.775. The van der Waals surface area contributed by atoms with Gasteiger partial charge in [0.05, 0.1) is 0 Å². The molecule has 1 N–H and O–H groups in total. The molecule has 2 atom stereocenters. The number of benzene rings is 1. The van der Waals surface area contributed by atoms with Crippen molar-refractivity contribution < 1.29 is 0 Å². The van der Waals surface area contributed by atoms with E-state index in [4.69, 9.17) is 0 Å². The summed E-state index contributed by atoms with van der Waals surface area (Å²) < 4.78 is 1.17. The van der Waals surface area contributed by atoms with Gasteiger partial charge in [-0.25, -0.2) is 0 Å². The molecule has 2 heteroatoms. The summed E-state index contributed by atoms with van der Waals surface area (Å²) in [5.41, 5.74) is 1.47. The van der Waals surface area contributed by atoms with E-state index in [9.17, 15) is 0 Å². The molecule has 0 aliphatic heterocycles. The van der Waals surface area contributed by atoms with Crippen LogP contribution in [0.3, 0.4) is 0 Å². The first-order valence-corrected chi connectivity index (χ1v) is 8.44. The number of hydrogen-bond donors (Lipinski definition) is 1. The lowest BCUT2D eigenvalue weighted by atomic mass is 9.89. The minimum Gasteiger partial charge on any atom is -0.314 e. The van der Waals surface area contributed by atoms with Gasteiger partial charge in [-0.1, -0.05) is 48.3 Å². The van der Waals surface area contributed by atoms with E-state index in [1.54, 1.807) is 0 Å². The number of halogens is 1. The third kappa shape index (κ3) is 5.66. The fraction of sp³-hybridized carbons (Fsp3) is 0.647. The van der Waals surface area contributed by atoms with Gasteiger partial charge in [0.15, 0.2) is 0 Å². The molecular weight excluding hydrogens is 298 g/mol. The maximum absolute atomic E-state index is 3.71. The Morgan fingerprint density at radius 1 is 1.26 bits per heavy atom. The highest BCUT2D eigenvalue weighted by Gasteiger charge is 2.22. The molecule has 1 aliphatic carbocycles. The Balaban J connectivity index is 1.88. The second kappa shape index (κ2) is 7.44. The lowest BCUT2D eigenvalue weighted by molar-refractivity contribution is 0.362. The largest absolute Gasteiger partial charge is 0.314 e. The monoisotopic (exact) mass is 323 g/mol. The van der Waals surface area contributed by atoms with Gasteiger partial charge in [-0.15, -0.1) is 0 Å². The van der Waals surface area contributed by atoms with Gasteiger partial charge in [-0.2, -0.15) is 0 Å². The zero-order valence-corrected chi connectivity index (χ0v) is 13.7. The summed E-state index contributed by atoms with van der Waals surface area (Å²) in [6.45, 7) is 5.87. The summed E-state index contributed by atoms with van der Waals surface area (Å²) >= 11 is 3.51. The van der Waals surface area contributed by atoms with Crippen LogP contribution in [0.1, 0.15) is 45.1 Å². The predicted octanol–water partition coefficient (Wildman–Crippen LogP) is 4.80. The molecule has 0 radical (unpaired) electrons. The van der Waals surface area contributed by atoms with Crippen LogP contribution in [0, 0.1) is 11.8 Å². The Morgan fingerprint density at radius 3 is 2.53 bits per heavy atom. The zero-order chi connectivity index (χ0) is 13.7. The maximum Gasteiger partial charge on any atom is 0.0175 e. The molecule has 2 unspecified atom stereocenters. The average Bonchev–Trinajstić information content (AvgIpc) is 3.22. The Labute approximate surface area is 126 Å². The Morgan fingerprint density at radius 2 is 1.95 bits per heavy atom. The zero-order valence-electron chi connectivity index (χ0n) is 12.2. The third-order valence-corrected chi connectivity index (χ3v) is 4.67. The summed E-state index contributed by atoms with van der Waals surface area (Å²) in [5, 5.41) is 3.71. The van der Waals surface area contributed by atoms with Gasteiger partial charge in [0.25, 0.3) is 0 Å². The van der Waals surface area contributed by atoms with Crippen LogP contribution in [0.25, 0.3) is 0 Å². The van der Waals surface area contributed by atoms with Gasteiger partial charge < -0.3 is 5.32 Å². The van der Waals surface area contributed by atoms with E-state index in [2.05, 4.69) is 59.4 Å². The molecule has 106 valence electrons. The second-order valence-electron chi connectivity index (χ2n) is 6.13. The number of rotatable bonds is 8. The normalized spacial score (nSPS) is 18.3. The lowest BCUT2D eigenvalue weighted by Gasteiger charge is -2.21. The van der Waals surface area contributed by atoms with E-state index in [0.29, 0.717) is 0 Å². The average molecular weight is 324 g/mol. The van der Waals surface area contributed by atoms with Crippen molar-refractivity contribution in [3.63, 3.8) is 0 Å². The SMILES string of the molecule is CCC(C)CC(CNC1CC1)Cc1ccc(Br)cc1. The predicted molar refractivity (Wildman–Crippen MR) is 86.4 cm³/mol. The van der Waals surface area contributed by atoms with E-state index in [1.165, 1.54) is 48.7 Å². The van der Waals surface area contributed by atoms with Gasteiger partial charge >= 0.3 is 0 Å². The molecule has 1 aliphatic rings. The van der Waals surface area contributed by atoms with Crippen LogP contribution in [0.2, 0.25) is 0 Å². The number of nitrogens with one attached hydrogen (secondary N) is 1. The molecule has 0 aromatic heterocycles. The van der Waals surface area contributed by atoms with Crippen LogP contribution >= 0.6 is 15.9 Å². The molecule has 1 saturated carbocycles. The maximum atomic E-state index is 3.71. The molecule has 0 heterocycles. The van der Waals surface area contributed by atoms with Crippen molar-refractivity contribution in [3.8, 4) is 0 Å². The topological polar surface area (TPSA) is 12.0 Å². The highest BCUT2D eigenvalue weighted by atomic mass is 79.9. The van der Waals surface area contributed by atoms with Crippen LogP contribution in [0.4, 0.5) is 0 Å². The van der Waals surface area contributed by atoms with Gasteiger partial charge in [-0.3, -0.25) is 0 Å². The number of hydrogen-bond acceptors (Lipinski definition) is 1. The van der Waals surface area contributed by atoms with Crippen LogP contribution in [-0.4, -0.2) is 12.6 Å². The first-order chi connectivity index (χ1) is 9.17. The molecule has 0 bridgehead atoms. The summed E-state index contributed by atoms with van der Waals surface area (Å²) in [4.78, 5) is 0.